The van der Waals surface area contributed by atoms with Crippen LogP contribution < -0.4 is 15.4 Å². The monoisotopic (exact) mass is 453 g/mol. The molecule has 32 heavy (non-hydrogen) atoms. The number of anilines is 1. The van der Waals surface area contributed by atoms with E-state index in [1.807, 2.05) is 50.6 Å². The van der Waals surface area contributed by atoms with E-state index >= 15 is 0 Å². The van der Waals surface area contributed by atoms with Crippen LogP contribution in [0.25, 0.3) is 0 Å². The lowest BCUT2D eigenvalue weighted by Gasteiger charge is -2.15. The highest BCUT2D eigenvalue weighted by atomic mass is 35.5. The number of nitrogens with zero attached hydrogens (tertiary/aromatic N) is 3. The molecule has 0 aliphatic rings. The molecule has 2 N–H and O–H groups in total. The summed E-state index contributed by atoms with van der Waals surface area (Å²) in [5.41, 5.74) is 5.13. The van der Waals surface area contributed by atoms with Crippen LogP contribution in [0.5, 0.6) is 5.75 Å². The van der Waals surface area contributed by atoms with Crippen molar-refractivity contribution in [2.75, 3.05) is 12.4 Å². The Morgan fingerprint density at radius 3 is 2.62 bits per heavy atom. The van der Waals surface area contributed by atoms with Crippen molar-refractivity contribution in [1.29, 1.82) is 0 Å². The molecule has 0 spiro atoms. The van der Waals surface area contributed by atoms with Gasteiger partial charge >= 0.3 is 0 Å². The van der Waals surface area contributed by atoms with E-state index in [1.165, 1.54) is 0 Å². The number of carbonyl (C=O) groups is 1. The second-order valence-electron chi connectivity index (χ2n) is 7.42. The maximum absolute atomic E-state index is 12.9. The van der Waals surface area contributed by atoms with E-state index in [1.54, 1.807) is 31.4 Å². The van der Waals surface area contributed by atoms with Crippen molar-refractivity contribution in [2.24, 2.45) is 4.99 Å². The van der Waals surface area contributed by atoms with Crippen molar-refractivity contribution < 1.29 is 9.53 Å². The van der Waals surface area contributed by atoms with Crippen molar-refractivity contribution >= 4 is 29.2 Å². The number of aromatic nitrogens is 2. The molecular formula is C24H28ClN5O2. The van der Waals surface area contributed by atoms with Gasteiger partial charge in [-0.1, -0.05) is 29.3 Å². The summed E-state index contributed by atoms with van der Waals surface area (Å²) in [4.78, 5) is 17.6. The molecule has 3 aromatic rings. The summed E-state index contributed by atoms with van der Waals surface area (Å²) in [5, 5.41) is 11.1. The van der Waals surface area contributed by atoms with Gasteiger partial charge in [0, 0.05) is 28.4 Å². The Hall–Kier alpha value is -3.32. The lowest BCUT2D eigenvalue weighted by Crippen LogP contribution is -2.36. The van der Waals surface area contributed by atoms with Crippen molar-refractivity contribution in [3.63, 3.8) is 0 Å². The van der Waals surface area contributed by atoms with Crippen LogP contribution >= 0.6 is 11.6 Å². The first-order chi connectivity index (χ1) is 15.3. The first-order valence-corrected chi connectivity index (χ1v) is 10.8. The minimum absolute atomic E-state index is 0.265. The summed E-state index contributed by atoms with van der Waals surface area (Å²) >= 11 is 6.18. The standard InChI is InChI=1S/C24H28ClN5O2/c1-6-30-17(4)20(16(3)29-30)14-26-24(27-21-13-19(25)10-11-22(21)32-5)28-23(31)18-9-7-8-15(2)12-18/h7-13H,6,14H2,1-5H3,(H2,26,27,28,31). The third-order valence-corrected chi connectivity index (χ3v) is 5.39. The lowest BCUT2D eigenvalue weighted by atomic mass is 10.1. The van der Waals surface area contributed by atoms with Gasteiger partial charge in [0.25, 0.3) is 5.91 Å². The number of benzene rings is 2. The molecule has 0 aliphatic carbocycles. The first kappa shape index (κ1) is 23.3. The number of aryl methyl sites for hydroxylation is 3. The van der Waals surface area contributed by atoms with Gasteiger partial charge in [-0.05, 0) is 58.0 Å². The van der Waals surface area contributed by atoms with Gasteiger partial charge in [-0.3, -0.25) is 14.8 Å². The van der Waals surface area contributed by atoms with Crippen LogP contribution in [0.1, 0.15) is 39.8 Å². The Kier molecular flexibility index (Phi) is 7.53. The van der Waals surface area contributed by atoms with Gasteiger partial charge < -0.3 is 10.1 Å². The molecule has 168 valence electrons. The minimum Gasteiger partial charge on any atom is -0.495 e. The predicted molar refractivity (Wildman–Crippen MR) is 129 cm³/mol. The Morgan fingerprint density at radius 2 is 1.97 bits per heavy atom. The maximum atomic E-state index is 12.9. The van der Waals surface area contributed by atoms with Gasteiger partial charge in [-0.25, -0.2) is 4.99 Å². The Labute approximate surface area is 193 Å². The van der Waals surface area contributed by atoms with E-state index in [0.717, 1.165) is 29.1 Å². The highest BCUT2D eigenvalue weighted by molar-refractivity contribution is 6.31. The summed E-state index contributed by atoms with van der Waals surface area (Å²) < 4.78 is 7.37. The average Bonchev–Trinajstić information content (AvgIpc) is 3.04. The second-order valence-corrected chi connectivity index (χ2v) is 7.86. The molecule has 0 saturated heterocycles. The number of nitrogens with one attached hydrogen (secondary N) is 2. The summed E-state index contributed by atoms with van der Waals surface area (Å²) in [5.74, 6) is 0.608. The fraction of sp³-hybridized carbons (Fsp3) is 0.292. The first-order valence-electron chi connectivity index (χ1n) is 10.4. The fourth-order valence-corrected chi connectivity index (χ4v) is 3.58. The van der Waals surface area contributed by atoms with Crippen molar-refractivity contribution in [2.45, 2.75) is 40.8 Å². The molecule has 0 atom stereocenters. The van der Waals surface area contributed by atoms with Gasteiger partial charge in [0.05, 0.1) is 25.0 Å². The van der Waals surface area contributed by atoms with Gasteiger partial charge in [0.2, 0.25) is 5.96 Å². The van der Waals surface area contributed by atoms with Crippen LogP contribution in [0.2, 0.25) is 5.02 Å². The van der Waals surface area contributed by atoms with E-state index in [9.17, 15) is 4.79 Å². The summed E-state index contributed by atoms with van der Waals surface area (Å²) in [6.45, 7) is 9.11. The van der Waals surface area contributed by atoms with Crippen molar-refractivity contribution in [3.8, 4) is 5.75 Å². The quantitative estimate of drug-likeness (QED) is 0.411. The van der Waals surface area contributed by atoms with Gasteiger partial charge in [-0.15, -0.1) is 0 Å². The molecule has 2 aromatic carbocycles. The lowest BCUT2D eigenvalue weighted by molar-refractivity contribution is 0.0977. The number of hydrogen-bond acceptors (Lipinski definition) is 4. The highest BCUT2D eigenvalue weighted by Gasteiger charge is 2.14. The summed E-state index contributed by atoms with van der Waals surface area (Å²) in [7, 11) is 1.57. The number of ether oxygens (including phenoxy) is 1. The molecule has 1 aromatic heterocycles. The molecule has 0 unspecified atom stereocenters. The molecule has 1 amide bonds. The van der Waals surface area contributed by atoms with Gasteiger partial charge in [0.15, 0.2) is 0 Å². The Bertz CT molecular complexity index is 1150. The second kappa shape index (κ2) is 10.3. The number of halogens is 1. The molecule has 0 radical (unpaired) electrons. The Morgan fingerprint density at radius 1 is 1.19 bits per heavy atom. The number of hydrogen-bond donors (Lipinski definition) is 2. The van der Waals surface area contributed by atoms with Crippen LogP contribution in [0.15, 0.2) is 47.5 Å². The smallest absolute Gasteiger partial charge is 0.257 e. The third kappa shape index (κ3) is 5.48. The van der Waals surface area contributed by atoms with Crippen molar-refractivity contribution in [3.05, 3.63) is 75.6 Å². The number of methoxy groups -OCH3 is 1. The van der Waals surface area contributed by atoms with Crippen molar-refractivity contribution in [1.82, 2.24) is 15.1 Å². The maximum Gasteiger partial charge on any atom is 0.257 e. The molecule has 8 heteroatoms. The van der Waals surface area contributed by atoms with Crippen LogP contribution in [-0.2, 0) is 13.1 Å². The van der Waals surface area contributed by atoms with Gasteiger partial charge in [0.1, 0.15) is 5.75 Å². The normalized spacial score (nSPS) is 11.4. The van der Waals surface area contributed by atoms with Gasteiger partial charge in [-0.2, -0.15) is 5.10 Å². The molecule has 7 nitrogen and oxygen atoms in total. The number of carbonyl (C=O) groups excluding carboxylic acids is 1. The molecule has 0 bridgehead atoms. The Balaban J connectivity index is 1.93. The van der Waals surface area contributed by atoms with E-state index < -0.39 is 0 Å². The third-order valence-electron chi connectivity index (χ3n) is 5.15. The highest BCUT2D eigenvalue weighted by Crippen LogP contribution is 2.27. The van der Waals surface area contributed by atoms with Crippen LogP contribution in [-0.4, -0.2) is 28.8 Å². The zero-order chi connectivity index (χ0) is 23.3. The number of aliphatic imine (C=N–C) groups is 1. The summed E-state index contributed by atoms with van der Waals surface area (Å²) in [6.07, 6.45) is 0. The largest absolute Gasteiger partial charge is 0.495 e. The van der Waals surface area contributed by atoms with E-state index in [-0.39, 0.29) is 5.91 Å². The summed E-state index contributed by atoms with van der Waals surface area (Å²) in [6, 6.07) is 12.6. The molecule has 0 aliphatic heterocycles. The SMILES string of the molecule is CCn1nc(C)c(CN=C(NC(=O)c2cccc(C)c2)Nc2cc(Cl)ccc2OC)c1C. The number of rotatable bonds is 6. The average molecular weight is 454 g/mol. The molecular weight excluding hydrogens is 426 g/mol. The van der Waals surface area contributed by atoms with E-state index in [2.05, 4.69) is 20.7 Å². The van der Waals surface area contributed by atoms with Crippen LogP contribution in [0.4, 0.5) is 5.69 Å². The molecule has 0 fully saturated rings. The van der Waals surface area contributed by atoms with Crippen LogP contribution in [0, 0.1) is 20.8 Å². The molecule has 0 saturated carbocycles. The van der Waals surface area contributed by atoms with E-state index in [4.69, 9.17) is 16.3 Å². The topological polar surface area (TPSA) is 80.5 Å². The zero-order valence-corrected chi connectivity index (χ0v) is 19.7. The fourth-order valence-electron chi connectivity index (χ4n) is 3.41. The predicted octanol–water partition coefficient (Wildman–Crippen LogP) is 4.89. The zero-order valence-electron chi connectivity index (χ0n) is 19.0. The minimum atomic E-state index is -0.265. The number of guanidine groups is 1. The van der Waals surface area contributed by atoms with Crippen LogP contribution in [0.3, 0.4) is 0 Å². The molecule has 1 heterocycles. The molecule has 3 rings (SSSR count). The number of amides is 1. The van der Waals surface area contributed by atoms with E-state index in [0.29, 0.717) is 34.5 Å².